The Bertz CT molecular complexity index is 327. The van der Waals surface area contributed by atoms with Crippen molar-refractivity contribution in [3.8, 4) is 0 Å². The van der Waals surface area contributed by atoms with Gasteiger partial charge < -0.3 is 15.5 Å². The maximum absolute atomic E-state index is 11.9. The summed E-state index contributed by atoms with van der Waals surface area (Å²) in [6, 6.07) is 0.643. The highest BCUT2D eigenvalue weighted by Crippen LogP contribution is 2.13. The number of rotatable bonds is 4. The molecule has 5 nitrogen and oxygen atoms in total. The Morgan fingerprint density at radius 1 is 1.42 bits per heavy atom. The van der Waals surface area contributed by atoms with Crippen LogP contribution in [0, 0.1) is 0 Å². The van der Waals surface area contributed by atoms with Crippen LogP contribution in [0.5, 0.6) is 0 Å². The van der Waals surface area contributed by atoms with Crippen molar-refractivity contribution in [2.75, 3.05) is 20.1 Å². The van der Waals surface area contributed by atoms with Gasteiger partial charge in [-0.1, -0.05) is 6.42 Å². The van der Waals surface area contributed by atoms with Gasteiger partial charge in [0.2, 0.25) is 11.8 Å². The second kappa shape index (κ2) is 6.89. The molecule has 2 heterocycles. The molecule has 0 radical (unpaired) electrons. The van der Waals surface area contributed by atoms with Crippen molar-refractivity contribution in [1.29, 1.82) is 0 Å². The molecule has 0 saturated carbocycles. The molecular formula is C14H25N3O2. The van der Waals surface area contributed by atoms with Gasteiger partial charge >= 0.3 is 0 Å². The highest BCUT2D eigenvalue weighted by atomic mass is 16.2. The molecular weight excluding hydrogens is 242 g/mol. The first-order chi connectivity index (χ1) is 9.15. The Labute approximate surface area is 115 Å². The van der Waals surface area contributed by atoms with E-state index in [2.05, 4.69) is 10.6 Å². The number of nitrogens with one attached hydrogen (secondary N) is 2. The van der Waals surface area contributed by atoms with Crippen molar-refractivity contribution in [1.82, 2.24) is 15.5 Å². The fraction of sp³-hybridized carbons (Fsp3) is 0.857. The third-order valence-electron chi connectivity index (χ3n) is 4.12. The van der Waals surface area contributed by atoms with Crippen LogP contribution >= 0.6 is 0 Å². The van der Waals surface area contributed by atoms with Crippen LogP contribution in [0.1, 0.15) is 44.9 Å². The second-order valence-electron chi connectivity index (χ2n) is 5.76. The molecule has 0 bridgehead atoms. The van der Waals surface area contributed by atoms with E-state index in [4.69, 9.17) is 0 Å². The van der Waals surface area contributed by atoms with Crippen LogP contribution in [0.2, 0.25) is 0 Å². The maximum atomic E-state index is 11.9. The highest BCUT2D eigenvalue weighted by Gasteiger charge is 2.24. The summed E-state index contributed by atoms with van der Waals surface area (Å²) < 4.78 is 0. The van der Waals surface area contributed by atoms with Gasteiger partial charge in [-0.05, 0) is 32.2 Å². The molecule has 2 amide bonds. The minimum Gasteiger partial charge on any atom is -0.352 e. The number of carbonyl (C=O) groups excluding carboxylic acids is 2. The summed E-state index contributed by atoms with van der Waals surface area (Å²) in [7, 11) is 1.80. The molecule has 5 heteroatoms. The molecule has 0 aromatic carbocycles. The van der Waals surface area contributed by atoms with E-state index in [0.29, 0.717) is 25.4 Å². The average molecular weight is 267 g/mol. The molecule has 2 saturated heterocycles. The molecule has 2 fully saturated rings. The molecule has 2 aliphatic rings. The Balaban J connectivity index is 1.65. The number of hydrogen-bond acceptors (Lipinski definition) is 3. The first kappa shape index (κ1) is 14.3. The smallest absolute Gasteiger partial charge is 0.222 e. The molecule has 2 rings (SSSR count). The minimum atomic E-state index is 0.125. The lowest BCUT2D eigenvalue weighted by atomic mass is 10.00. The van der Waals surface area contributed by atoms with Gasteiger partial charge in [0.15, 0.2) is 0 Å². The van der Waals surface area contributed by atoms with E-state index < -0.39 is 0 Å². The lowest BCUT2D eigenvalue weighted by molar-refractivity contribution is -0.134. The van der Waals surface area contributed by atoms with Crippen LogP contribution < -0.4 is 10.6 Å². The van der Waals surface area contributed by atoms with E-state index in [1.54, 1.807) is 11.9 Å². The fourth-order valence-corrected chi connectivity index (χ4v) is 2.91. The molecule has 0 aromatic heterocycles. The summed E-state index contributed by atoms with van der Waals surface area (Å²) in [5.74, 6) is 0.303. The number of nitrogens with zero attached hydrogens (tertiary/aromatic N) is 1. The zero-order valence-electron chi connectivity index (χ0n) is 11.8. The lowest BCUT2D eigenvalue weighted by Crippen LogP contribution is -2.48. The number of amides is 2. The SMILES string of the molecule is CN1CC(NC(=O)CCC2CCCCN2)CCC1=O. The van der Waals surface area contributed by atoms with Crippen LogP contribution in [0.25, 0.3) is 0 Å². The normalized spacial score (nSPS) is 28.3. The van der Waals surface area contributed by atoms with Gasteiger partial charge in [-0.3, -0.25) is 9.59 Å². The first-order valence-electron chi connectivity index (χ1n) is 7.42. The van der Waals surface area contributed by atoms with Crippen molar-refractivity contribution in [2.45, 2.75) is 57.0 Å². The summed E-state index contributed by atoms with van der Waals surface area (Å²) in [5, 5.41) is 6.51. The number of hydrogen-bond donors (Lipinski definition) is 2. The monoisotopic (exact) mass is 267 g/mol. The van der Waals surface area contributed by atoms with Gasteiger partial charge in [0, 0.05) is 38.5 Å². The van der Waals surface area contributed by atoms with Crippen LogP contribution in [-0.4, -0.2) is 48.9 Å². The molecule has 2 N–H and O–H groups in total. The third kappa shape index (κ3) is 4.49. The average Bonchev–Trinajstić information content (AvgIpc) is 2.42. The van der Waals surface area contributed by atoms with Crippen molar-refractivity contribution in [3.63, 3.8) is 0 Å². The fourth-order valence-electron chi connectivity index (χ4n) is 2.91. The number of likely N-dealkylation sites (N-methyl/N-ethyl adjacent to an activating group) is 1. The van der Waals surface area contributed by atoms with Crippen LogP contribution in [-0.2, 0) is 9.59 Å². The van der Waals surface area contributed by atoms with Gasteiger partial charge in [0.05, 0.1) is 0 Å². The third-order valence-corrected chi connectivity index (χ3v) is 4.12. The van der Waals surface area contributed by atoms with Crippen LogP contribution in [0.4, 0.5) is 0 Å². The predicted molar refractivity (Wildman–Crippen MR) is 73.7 cm³/mol. The maximum Gasteiger partial charge on any atom is 0.222 e. The minimum absolute atomic E-state index is 0.125. The van der Waals surface area contributed by atoms with Crippen molar-refractivity contribution in [2.24, 2.45) is 0 Å². The molecule has 19 heavy (non-hydrogen) atoms. The van der Waals surface area contributed by atoms with Crippen molar-refractivity contribution in [3.05, 3.63) is 0 Å². The van der Waals surface area contributed by atoms with Crippen molar-refractivity contribution >= 4 is 11.8 Å². The van der Waals surface area contributed by atoms with E-state index in [1.807, 2.05) is 0 Å². The highest BCUT2D eigenvalue weighted by molar-refractivity contribution is 5.78. The Kier molecular flexibility index (Phi) is 5.19. The van der Waals surface area contributed by atoms with Crippen molar-refractivity contribution < 1.29 is 9.59 Å². The molecule has 2 aliphatic heterocycles. The molecule has 2 unspecified atom stereocenters. The lowest BCUT2D eigenvalue weighted by Gasteiger charge is -2.30. The summed E-state index contributed by atoms with van der Waals surface area (Å²) in [5.41, 5.74) is 0. The summed E-state index contributed by atoms with van der Waals surface area (Å²) >= 11 is 0. The number of piperidine rings is 2. The molecule has 2 atom stereocenters. The van der Waals surface area contributed by atoms with E-state index >= 15 is 0 Å². The Morgan fingerprint density at radius 3 is 2.95 bits per heavy atom. The molecule has 0 aromatic rings. The van der Waals surface area contributed by atoms with Gasteiger partial charge in [0.1, 0.15) is 0 Å². The van der Waals surface area contributed by atoms with Crippen LogP contribution in [0.3, 0.4) is 0 Å². The van der Waals surface area contributed by atoms with E-state index in [1.165, 1.54) is 19.3 Å². The molecule has 108 valence electrons. The molecule has 0 aliphatic carbocycles. The Morgan fingerprint density at radius 2 is 2.26 bits per heavy atom. The first-order valence-corrected chi connectivity index (χ1v) is 7.42. The zero-order valence-corrected chi connectivity index (χ0v) is 11.8. The van der Waals surface area contributed by atoms with E-state index in [-0.39, 0.29) is 17.9 Å². The van der Waals surface area contributed by atoms with Gasteiger partial charge in [-0.15, -0.1) is 0 Å². The number of likely N-dealkylation sites (tertiary alicyclic amines) is 1. The topological polar surface area (TPSA) is 61.4 Å². The summed E-state index contributed by atoms with van der Waals surface area (Å²) in [6.45, 7) is 1.73. The second-order valence-corrected chi connectivity index (χ2v) is 5.76. The van der Waals surface area contributed by atoms with Gasteiger partial charge in [-0.2, -0.15) is 0 Å². The summed E-state index contributed by atoms with van der Waals surface area (Å²) in [6.07, 6.45) is 6.55. The Hall–Kier alpha value is -1.10. The van der Waals surface area contributed by atoms with Gasteiger partial charge in [-0.25, -0.2) is 0 Å². The number of carbonyl (C=O) groups is 2. The molecule has 0 spiro atoms. The van der Waals surface area contributed by atoms with Gasteiger partial charge in [0.25, 0.3) is 0 Å². The van der Waals surface area contributed by atoms with E-state index in [0.717, 1.165) is 19.4 Å². The largest absolute Gasteiger partial charge is 0.352 e. The zero-order chi connectivity index (χ0) is 13.7. The predicted octanol–water partition coefficient (Wildman–Crippen LogP) is 0.646. The summed E-state index contributed by atoms with van der Waals surface area (Å²) in [4.78, 5) is 25.0. The quantitative estimate of drug-likeness (QED) is 0.786. The van der Waals surface area contributed by atoms with Crippen LogP contribution in [0.15, 0.2) is 0 Å². The van der Waals surface area contributed by atoms with E-state index in [9.17, 15) is 9.59 Å². The standard InChI is InChI=1S/C14H25N3O2/c1-17-10-12(6-8-14(17)19)16-13(18)7-5-11-4-2-3-9-15-11/h11-12,15H,2-10H2,1H3,(H,16,18).